The zero-order valence-electron chi connectivity index (χ0n) is 16.3. The molecule has 30 heavy (non-hydrogen) atoms. The smallest absolute Gasteiger partial charge is 0.290 e. The highest BCUT2D eigenvalue weighted by Gasteiger charge is 2.38. The first-order chi connectivity index (χ1) is 14.4. The number of carbonyl (C=O) groups excluding carboxylic acids is 4. The summed E-state index contributed by atoms with van der Waals surface area (Å²) in [5.74, 6) is -2.03. The number of hydrogen-bond acceptors (Lipinski definition) is 7. The topological polar surface area (TPSA) is 161 Å². The Morgan fingerprint density at radius 3 is 2.73 bits per heavy atom. The fourth-order valence-electron chi connectivity index (χ4n) is 3.19. The van der Waals surface area contributed by atoms with Crippen LogP contribution in [-0.2, 0) is 9.59 Å². The molecule has 2 aromatic heterocycles. The number of nitrogens with one attached hydrogen (secondary N) is 2. The molecule has 1 fully saturated rings. The average Bonchev–Trinajstić information content (AvgIpc) is 3.28. The summed E-state index contributed by atoms with van der Waals surface area (Å²) in [6, 6.07) is 0.856. The molecular weight excluding hydrogens is 392 g/mol. The SMILES string of the molecule is C[C@@H](NC(=O)[C@H]1C[C@@H](NC(=O)c2cnccn2)CCN1C(=O)c1ccco1)C(N)=O. The van der Waals surface area contributed by atoms with Crippen molar-refractivity contribution in [1.82, 2.24) is 25.5 Å². The summed E-state index contributed by atoms with van der Waals surface area (Å²) in [5, 5.41) is 5.33. The van der Waals surface area contributed by atoms with Crippen molar-refractivity contribution in [3.63, 3.8) is 0 Å². The zero-order chi connectivity index (χ0) is 21.7. The van der Waals surface area contributed by atoms with Gasteiger partial charge in [0.25, 0.3) is 11.8 Å². The van der Waals surface area contributed by atoms with Gasteiger partial charge in [-0.25, -0.2) is 4.98 Å². The maximum atomic E-state index is 12.8. The molecule has 4 amide bonds. The number of amides is 4. The van der Waals surface area contributed by atoms with Crippen molar-refractivity contribution in [2.24, 2.45) is 5.73 Å². The largest absolute Gasteiger partial charge is 0.459 e. The van der Waals surface area contributed by atoms with E-state index in [4.69, 9.17) is 10.2 Å². The van der Waals surface area contributed by atoms with Crippen LogP contribution in [0.25, 0.3) is 0 Å². The van der Waals surface area contributed by atoms with E-state index in [1.54, 1.807) is 6.07 Å². The van der Waals surface area contributed by atoms with Gasteiger partial charge < -0.3 is 25.7 Å². The maximum absolute atomic E-state index is 12.8. The van der Waals surface area contributed by atoms with Crippen LogP contribution in [0, 0.1) is 0 Å². The van der Waals surface area contributed by atoms with Crippen LogP contribution in [0.5, 0.6) is 0 Å². The number of likely N-dealkylation sites (tertiary alicyclic amines) is 1. The molecule has 2 aromatic rings. The predicted octanol–water partition coefficient (Wildman–Crippen LogP) is -0.537. The van der Waals surface area contributed by atoms with E-state index in [2.05, 4.69) is 20.6 Å². The molecule has 1 aliphatic rings. The van der Waals surface area contributed by atoms with Gasteiger partial charge in [0.05, 0.1) is 12.5 Å². The highest BCUT2D eigenvalue weighted by Crippen LogP contribution is 2.21. The number of nitrogens with two attached hydrogens (primary N) is 1. The molecule has 158 valence electrons. The van der Waals surface area contributed by atoms with Gasteiger partial charge in [0.2, 0.25) is 11.8 Å². The van der Waals surface area contributed by atoms with Crippen LogP contribution in [0.1, 0.15) is 40.8 Å². The van der Waals surface area contributed by atoms with Crippen LogP contribution in [0.3, 0.4) is 0 Å². The van der Waals surface area contributed by atoms with E-state index < -0.39 is 35.7 Å². The molecule has 0 radical (unpaired) electrons. The van der Waals surface area contributed by atoms with E-state index >= 15 is 0 Å². The number of rotatable bonds is 6. The molecule has 0 unspecified atom stereocenters. The predicted molar refractivity (Wildman–Crippen MR) is 103 cm³/mol. The monoisotopic (exact) mass is 414 g/mol. The molecule has 0 saturated carbocycles. The number of furan rings is 1. The van der Waals surface area contributed by atoms with E-state index in [1.807, 2.05) is 0 Å². The summed E-state index contributed by atoms with van der Waals surface area (Å²) in [7, 11) is 0. The number of carbonyl (C=O) groups is 4. The van der Waals surface area contributed by atoms with Crippen molar-refractivity contribution >= 4 is 23.6 Å². The van der Waals surface area contributed by atoms with Gasteiger partial charge in [-0.1, -0.05) is 0 Å². The Kier molecular flexibility index (Phi) is 6.40. The number of piperidine rings is 1. The minimum atomic E-state index is -0.926. The van der Waals surface area contributed by atoms with Gasteiger partial charge in [-0.3, -0.25) is 24.2 Å². The molecule has 3 rings (SSSR count). The molecule has 1 saturated heterocycles. The van der Waals surface area contributed by atoms with Crippen molar-refractivity contribution in [1.29, 1.82) is 0 Å². The summed E-state index contributed by atoms with van der Waals surface area (Å²) >= 11 is 0. The minimum Gasteiger partial charge on any atom is -0.459 e. The Balaban J connectivity index is 1.75. The van der Waals surface area contributed by atoms with Gasteiger partial charge in [0.15, 0.2) is 5.76 Å². The van der Waals surface area contributed by atoms with Gasteiger partial charge in [0, 0.05) is 25.0 Å². The molecular formula is C19H22N6O5. The van der Waals surface area contributed by atoms with Crippen molar-refractivity contribution in [2.45, 2.75) is 37.9 Å². The van der Waals surface area contributed by atoms with Crippen LogP contribution < -0.4 is 16.4 Å². The lowest BCUT2D eigenvalue weighted by molar-refractivity contribution is -0.131. The number of aromatic nitrogens is 2. The molecule has 11 nitrogen and oxygen atoms in total. The fraction of sp³-hybridized carbons (Fsp3) is 0.368. The molecule has 3 atom stereocenters. The first-order valence-corrected chi connectivity index (χ1v) is 9.38. The van der Waals surface area contributed by atoms with Gasteiger partial charge in [-0.15, -0.1) is 0 Å². The number of primary amides is 1. The Hall–Kier alpha value is -3.76. The quantitative estimate of drug-likeness (QED) is 0.572. The Morgan fingerprint density at radius 2 is 2.10 bits per heavy atom. The first-order valence-electron chi connectivity index (χ1n) is 9.38. The molecule has 0 aliphatic carbocycles. The Bertz CT molecular complexity index is 917. The van der Waals surface area contributed by atoms with Crippen LogP contribution in [0.2, 0.25) is 0 Å². The lowest BCUT2D eigenvalue weighted by Gasteiger charge is -2.38. The van der Waals surface area contributed by atoms with Crippen LogP contribution >= 0.6 is 0 Å². The molecule has 4 N–H and O–H groups in total. The zero-order valence-corrected chi connectivity index (χ0v) is 16.3. The summed E-state index contributed by atoms with van der Waals surface area (Å²) in [4.78, 5) is 58.5. The second-order valence-corrected chi connectivity index (χ2v) is 6.91. The van der Waals surface area contributed by atoms with Crippen LogP contribution in [0.4, 0.5) is 0 Å². The third-order valence-electron chi connectivity index (χ3n) is 4.81. The van der Waals surface area contributed by atoms with E-state index in [-0.39, 0.29) is 30.5 Å². The fourth-order valence-corrected chi connectivity index (χ4v) is 3.19. The van der Waals surface area contributed by atoms with E-state index in [0.29, 0.717) is 6.42 Å². The lowest BCUT2D eigenvalue weighted by atomic mass is 9.95. The third kappa shape index (κ3) is 4.80. The van der Waals surface area contributed by atoms with Crippen LogP contribution in [0.15, 0.2) is 41.4 Å². The summed E-state index contributed by atoms with van der Waals surface area (Å²) < 4.78 is 5.16. The highest BCUT2D eigenvalue weighted by molar-refractivity contribution is 5.97. The minimum absolute atomic E-state index is 0.0952. The Labute approximate surface area is 172 Å². The summed E-state index contributed by atoms with van der Waals surface area (Å²) in [5.41, 5.74) is 5.37. The summed E-state index contributed by atoms with van der Waals surface area (Å²) in [6.07, 6.45) is 6.13. The second kappa shape index (κ2) is 9.16. The first kappa shape index (κ1) is 21.0. The highest BCUT2D eigenvalue weighted by atomic mass is 16.3. The molecule has 11 heteroatoms. The van der Waals surface area contributed by atoms with Crippen molar-refractivity contribution in [3.05, 3.63) is 48.4 Å². The normalized spacial score (nSPS) is 19.6. The maximum Gasteiger partial charge on any atom is 0.290 e. The van der Waals surface area contributed by atoms with Gasteiger partial charge in [-0.2, -0.15) is 0 Å². The number of hydrogen-bond donors (Lipinski definition) is 3. The van der Waals surface area contributed by atoms with E-state index in [9.17, 15) is 19.2 Å². The van der Waals surface area contributed by atoms with Gasteiger partial charge in [-0.05, 0) is 31.9 Å². The van der Waals surface area contributed by atoms with Crippen LogP contribution in [-0.4, -0.2) is 63.2 Å². The lowest BCUT2D eigenvalue weighted by Crippen LogP contribution is -2.59. The average molecular weight is 414 g/mol. The van der Waals surface area contributed by atoms with E-state index in [1.165, 1.54) is 42.7 Å². The standard InChI is InChI=1S/C19H22N6O5/c1-11(16(20)26)23-18(28)14-9-12(24-17(27)13-10-21-5-6-22-13)4-7-25(14)19(29)15-3-2-8-30-15/h2-3,5-6,8,10-12,14H,4,7,9H2,1H3,(H2,20,26)(H,23,28)(H,24,27)/t11-,12+,14-/m1/s1. The van der Waals surface area contributed by atoms with Gasteiger partial charge >= 0.3 is 0 Å². The van der Waals surface area contributed by atoms with Crippen molar-refractivity contribution in [3.8, 4) is 0 Å². The third-order valence-corrected chi connectivity index (χ3v) is 4.81. The Morgan fingerprint density at radius 1 is 1.30 bits per heavy atom. The molecule has 1 aliphatic heterocycles. The molecule has 0 aromatic carbocycles. The molecule has 3 heterocycles. The second-order valence-electron chi connectivity index (χ2n) is 6.91. The summed E-state index contributed by atoms with van der Waals surface area (Å²) in [6.45, 7) is 1.66. The van der Waals surface area contributed by atoms with Gasteiger partial charge in [0.1, 0.15) is 17.8 Å². The molecule has 0 spiro atoms. The van der Waals surface area contributed by atoms with Crippen molar-refractivity contribution < 1.29 is 23.6 Å². The van der Waals surface area contributed by atoms with E-state index in [0.717, 1.165) is 0 Å². The number of nitrogens with zero attached hydrogens (tertiary/aromatic N) is 3. The van der Waals surface area contributed by atoms with Crippen molar-refractivity contribution in [2.75, 3.05) is 6.54 Å². The molecule has 0 bridgehead atoms.